The standard InChI is InChI=1S/C20H25N3/c1-2-20-22-18-12-6-7-13-19(18)23(20)15-9-8-14-21-16-17-10-4-3-5-11-17/h3-7,10-13,21H,2,8-9,14-16H2,1H3. The SMILES string of the molecule is CCc1nc2ccccc2n1CCCCNCc1ccccc1. The molecule has 0 atom stereocenters. The molecule has 0 aliphatic carbocycles. The maximum Gasteiger partial charge on any atom is 0.109 e. The van der Waals surface area contributed by atoms with Gasteiger partial charge in [-0.25, -0.2) is 4.98 Å². The number of rotatable bonds is 8. The predicted molar refractivity (Wildman–Crippen MR) is 96.5 cm³/mol. The van der Waals surface area contributed by atoms with Crippen LogP contribution in [0.1, 0.15) is 31.2 Å². The molecule has 0 saturated heterocycles. The summed E-state index contributed by atoms with van der Waals surface area (Å²) in [6.07, 6.45) is 3.35. The predicted octanol–water partition coefficient (Wildman–Crippen LogP) is 4.17. The van der Waals surface area contributed by atoms with Crippen molar-refractivity contribution < 1.29 is 0 Å². The zero-order valence-corrected chi connectivity index (χ0v) is 13.8. The smallest absolute Gasteiger partial charge is 0.109 e. The van der Waals surface area contributed by atoms with E-state index in [2.05, 4.69) is 71.4 Å². The van der Waals surface area contributed by atoms with E-state index in [1.54, 1.807) is 0 Å². The molecule has 0 bridgehead atoms. The summed E-state index contributed by atoms with van der Waals surface area (Å²) in [6.45, 7) is 5.24. The molecule has 23 heavy (non-hydrogen) atoms. The number of fused-ring (bicyclic) bond motifs is 1. The number of benzene rings is 2. The second kappa shape index (κ2) is 7.93. The van der Waals surface area contributed by atoms with E-state index < -0.39 is 0 Å². The Kier molecular flexibility index (Phi) is 5.43. The number of nitrogens with one attached hydrogen (secondary N) is 1. The third-order valence-corrected chi connectivity index (χ3v) is 4.21. The molecule has 1 N–H and O–H groups in total. The van der Waals surface area contributed by atoms with Crippen LogP contribution in [0.4, 0.5) is 0 Å². The first kappa shape index (κ1) is 15.8. The van der Waals surface area contributed by atoms with Crippen LogP contribution in [0.25, 0.3) is 11.0 Å². The van der Waals surface area contributed by atoms with Crippen molar-refractivity contribution in [3.63, 3.8) is 0 Å². The van der Waals surface area contributed by atoms with Crippen LogP contribution in [0.3, 0.4) is 0 Å². The topological polar surface area (TPSA) is 29.9 Å². The fraction of sp³-hybridized carbons (Fsp3) is 0.350. The van der Waals surface area contributed by atoms with Gasteiger partial charge in [-0.05, 0) is 37.1 Å². The molecule has 0 spiro atoms. The van der Waals surface area contributed by atoms with E-state index in [4.69, 9.17) is 4.98 Å². The molecule has 1 aromatic heterocycles. The van der Waals surface area contributed by atoms with Crippen molar-refractivity contribution in [1.29, 1.82) is 0 Å². The van der Waals surface area contributed by atoms with E-state index in [1.807, 2.05) is 0 Å². The lowest BCUT2D eigenvalue weighted by atomic mass is 10.2. The van der Waals surface area contributed by atoms with Gasteiger partial charge in [-0.3, -0.25) is 0 Å². The Morgan fingerprint density at radius 3 is 2.57 bits per heavy atom. The van der Waals surface area contributed by atoms with Crippen LogP contribution in [0.5, 0.6) is 0 Å². The van der Waals surface area contributed by atoms with Crippen molar-refractivity contribution in [2.24, 2.45) is 0 Å². The van der Waals surface area contributed by atoms with Crippen molar-refractivity contribution in [3.8, 4) is 0 Å². The summed E-state index contributed by atoms with van der Waals surface area (Å²) < 4.78 is 2.38. The zero-order chi connectivity index (χ0) is 15.9. The van der Waals surface area contributed by atoms with E-state index in [-0.39, 0.29) is 0 Å². The van der Waals surface area contributed by atoms with Gasteiger partial charge in [0.15, 0.2) is 0 Å². The third kappa shape index (κ3) is 3.99. The number of hydrogen-bond acceptors (Lipinski definition) is 2. The Balaban J connectivity index is 1.47. The zero-order valence-electron chi connectivity index (χ0n) is 13.8. The van der Waals surface area contributed by atoms with Gasteiger partial charge in [-0.2, -0.15) is 0 Å². The average molecular weight is 307 g/mol. The molecule has 0 radical (unpaired) electrons. The summed E-state index contributed by atoms with van der Waals surface area (Å²) in [5.74, 6) is 1.20. The highest BCUT2D eigenvalue weighted by atomic mass is 15.1. The molecule has 1 heterocycles. The van der Waals surface area contributed by atoms with Gasteiger partial charge >= 0.3 is 0 Å². The molecule has 3 heteroatoms. The quantitative estimate of drug-likeness (QED) is 0.633. The number of aryl methyl sites for hydroxylation is 2. The highest BCUT2D eigenvalue weighted by Gasteiger charge is 2.07. The van der Waals surface area contributed by atoms with Crippen LogP contribution in [-0.2, 0) is 19.5 Å². The van der Waals surface area contributed by atoms with Crippen molar-refractivity contribution in [3.05, 3.63) is 66.0 Å². The highest BCUT2D eigenvalue weighted by Crippen LogP contribution is 2.17. The van der Waals surface area contributed by atoms with E-state index in [1.165, 1.54) is 29.7 Å². The minimum Gasteiger partial charge on any atom is -0.328 e. The van der Waals surface area contributed by atoms with Gasteiger partial charge in [0.1, 0.15) is 5.82 Å². The molecule has 3 nitrogen and oxygen atoms in total. The van der Waals surface area contributed by atoms with Crippen LogP contribution in [0.15, 0.2) is 54.6 Å². The number of nitrogens with zero attached hydrogens (tertiary/aromatic N) is 2. The van der Waals surface area contributed by atoms with E-state index in [9.17, 15) is 0 Å². The summed E-state index contributed by atoms with van der Waals surface area (Å²) in [4.78, 5) is 4.73. The van der Waals surface area contributed by atoms with E-state index in [0.717, 1.165) is 31.6 Å². The number of aromatic nitrogens is 2. The minimum absolute atomic E-state index is 0.953. The number of hydrogen-bond donors (Lipinski definition) is 1. The third-order valence-electron chi connectivity index (χ3n) is 4.21. The van der Waals surface area contributed by atoms with Gasteiger partial charge in [-0.1, -0.05) is 49.4 Å². The number of unbranched alkanes of at least 4 members (excludes halogenated alkanes) is 1. The molecule has 0 saturated carbocycles. The molecule has 0 fully saturated rings. The summed E-state index contributed by atoms with van der Waals surface area (Å²) >= 11 is 0. The van der Waals surface area contributed by atoms with Crippen molar-refractivity contribution in [2.45, 2.75) is 39.3 Å². The summed E-state index contributed by atoms with van der Waals surface area (Å²) in [7, 11) is 0. The van der Waals surface area contributed by atoms with E-state index >= 15 is 0 Å². The lowest BCUT2D eigenvalue weighted by Crippen LogP contribution is -2.15. The van der Waals surface area contributed by atoms with Gasteiger partial charge in [0, 0.05) is 19.5 Å². The number of para-hydroxylation sites is 2. The molecule has 120 valence electrons. The highest BCUT2D eigenvalue weighted by molar-refractivity contribution is 5.75. The average Bonchev–Trinajstić information content (AvgIpc) is 2.97. The molecule has 3 aromatic rings. The van der Waals surface area contributed by atoms with Crippen LogP contribution in [-0.4, -0.2) is 16.1 Å². The second-order valence-electron chi connectivity index (χ2n) is 5.89. The summed E-state index contributed by atoms with van der Waals surface area (Å²) in [6, 6.07) is 19.0. The minimum atomic E-state index is 0.953. The normalized spacial score (nSPS) is 11.2. The second-order valence-corrected chi connectivity index (χ2v) is 5.89. The first-order valence-corrected chi connectivity index (χ1v) is 8.57. The van der Waals surface area contributed by atoms with Crippen molar-refractivity contribution in [2.75, 3.05) is 6.54 Å². The fourth-order valence-corrected chi connectivity index (χ4v) is 2.99. The maximum atomic E-state index is 4.73. The van der Waals surface area contributed by atoms with E-state index in [0.29, 0.717) is 0 Å². The van der Waals surface area contributed by atoms with Gasteiger partial charge in [0.2, 0.25) is 0 Å². The first-order chi connectivity index (χ1) is 11.4. The van der Waals surface area contributed by atoms with Crippen LogP contribution >= 0.6 is 0 Å². The lowest BCUT2D eigenvalue weighted by molar-refractivity contribution is 0.564. The Labute approximate surface area is 138 Å². The van der Waals surface area contributed by atoms with Crippen molar-refractivity contribution >= 4 is 11.0 Å². The Hall–Kier alpha value is -2.13. The molecule has 0 aliphatic rings. The molecular formula is C20H25N3. The monoisotopic (exact) mass is 307 g/mol. The molecule has 0 aliphatic heterocycles. The Morgan fingerprint density at radius 2 is 1.74 bits per heavy atom. The van der Waals surface area contributed by atoms with Gasteiger partial charge in [-0.15, -0.1) is 0 Å². The van der Waals surface area contributed by atoms with Gasteiger partial charge in [0.05, 0.1) is 11.0 Å². The van der Waals surface area contributed by atoms with Crippen LogP contribution in [0, 0.1) is 0 Å². The summed E-state index contributed by atoms with van der Waals surface area (Å²) in [5.41, 5.74) is 3.73. The molecule has 0 amide bonds. The van der Waals surface area contributed by atoms with Crippen LogP contribution < -0.4 is 5.32 Å². The molecule has 0 unspecified atom stereocenters. The largest absolute Gasteiger partial charge is 0.328 e. The van der Waals surface area contributed by atoms with Crippen molar-refractivity contribution in [1.82, 2.24) is 14.9 Å². The number of imidazole rings is 1. The van der Waals surface area contributed by atoms with Crippen LogP contribution in [0.2, 0.25) is 0 Å². The first-order valence-electron chi connectivity index (χ1n) is 8.57. The lowest BCUT2D eigenvalue weighted by Gasteiger charge is -2.09. The molecular weight excluding hydrogens is 282 g/mol. The van der Waals surface area contributed by atoms with Gasteiger partial charge in [0.25, 0.3) is 0 Å². The molecule has 2 aromatic carbocycles. The fourth-order valence-electron chi connectivity index (χ4n) is 2.99. The Morgan fingerprint density at radius 1 is 0.957 bits per heavy atom. The Bertz CT molecular complexity index is 731. The maximum absolute atomic E-state index is 4.73. The summed E-state index contributed by atoms with van der Waals surface area (Å²) in [5, 5.41) is 3.52. The molecule has 3 rings (SSSR count). The van der Waals surface area contributed by atoms with Gasteiger partial charge < -0.3 is 9.88 Å².